The maximum absolute atomic E-state index is 16.7. The van der Waals surface area contributed by atoms with E-state index < -0.39 is 35.6 Å². The van der Waals surface area contributed by atoms with E-state index in [-0.39, 0.29) is 102 Å². The first-order chi connectivity index (χ1) is 23.0. The van der Waals surface area contributed by atoms with Gasteiger partial charge in [-0.3, -0.25) is 14.7 Å². The molecule has 9 nitrogen and oxygen atoms in total. The highest BCUT2D eigenvalue weighted by Gasteiger charge is 2.36. The molecule has 0 bridgehead atoms. The van der Waals surface area contributed by atoms with Crippen LogP contribution in [0.15, 0.2) is 48.9 Å². The van der Waals surface area contributed by atoms with E-state index in [1.807, 2.05) is 24.8 Å². The summed E-state index contributed by atoms with van der Waals surface area (Å²) >= 11 is 6.36. The molecule has 2 aromatic carbocycles. The molecule has 0 spiro atoms. The number of aromatic nitrogens is 3. The van der Waals surface area contributed by atoms with Gasteiger partial charge >= 0.3 is 6.01 Å². The number of ether oxygens (including phenoxy) is 1. The molecule has 4 heterocycles. The number of rotatable bonds is 8. The molecule has 0 unspecified atom stereocenters. The van der Waals surface area contributed by atoms with E-state index in [4.69, 9.17) is 16.3 Å². The fraction of sp³-hybridized carbons (Fsp3) is 0.382. The van der Waals surface area contributed by atoms with Gasteiger partial charge in [-0.25, -0.2) is 17.6 Å². The van der Waals surface area contributed by atoms with Crippen LogP contribution in [0.3, 0.4) is 0 Å². The van der Waals surface area contributed by atoms with Crippen molar-refractivity contribution in [3.63, 3.8) is 0 Å². The van der Waals surface area contributed by atoms with Gasteiger partial charge in [0.05, 0.1) is 28.9 Å². The molecule has 14 heteroatoms. The van der Waals surface area contributed by atoms with Crippen molar-refractivity contribution in [1.29, 1.82) is 5.26 Å². The van der Waals surface area contributed by atoms with Gasteiger partial charge < -0.3 is 14.5 Å². The van der Waals surface area contributed by atoms with Crippen molar-refractivity contribution in [2.24, 2.45) is 0 Å². The van der Waals surface area contributed by atoms with Crippen LogP contribution in [-0.2, 0) is 4.79 Å². The summed E-state index contributed by atoms with van der Waals surface area (Å²) in [5.41, 5.74) is -0.0239. The number of halogens is 5. The molecule has 2 fully saturated rings. The highest BCUT2D eigenvalue weighted by atomic mass is 35.5. The zero-order valence-corrected chi connectivity index (χ0v) is 27.0. The Balaban J connectivity index is 1.46. The van der Waals surface area contributed by atoms with Crippen LogP contribution in [0.2, 0.25) is 5.02 Å². The number of carbonyl (C=O) groups excluding carboxylic acids is 1. The Morgan fingerprint density at radius 3 is 2.69 bits per heavy atom. The van der Waals surface area contributed by atoms with Crippen LogP contribution in [0.25, 0.3) is 32.9 Å². The van der Waals surface area contributed by atoms with Crippen molar-refractivity contribution < 1.29 is 27.1 Å². The van der Waals surface area contributed by atoms with Gasteiger partial charge in [0.15, 0.2) is 11.6 Å². The molecule has 2 aliphatic rings. The summed E-state index contributed by atoms with van der Waals surface area (Å²) < 4.78 is 65.5. The molecule has 0 aliphatic carbocycles. The number of nitrogens with zero attached hydrogens (tertiary/aromatic N) is 7. The van der Waals surface area contributed by atoms with Gasteiger partial charge in [0, 0.05) is 55.4 Å². The normalized spacial score (nSPS) is 20.1. The number of carbonyl (C=O) groups is 1. The van der Waals surface area contributed by atoms with E-state index in [2.05, 4.69) is 21.5 Å². The first-order valence-corrected chi connectivity index (χ1v) is 15.9. The predicted octanol–water partition coefficient (Wildman–Crippen LogP) is 6.39. The lowest BCUT2D eigenvalue weighted by atomic mass is 10.0. The lowest BCUT2D eigenvalue weighted by Gasteiger charge is -2.41. The molecular formula is C34H32ClF4N7O2. The van der Waals surface area contributed by atoms with Crippen LogP contribution in [-0.4, -0.2) is 87.7 Å². The summed E-state index contributed by atoms with van der Waals surface area (Å²) in [6.45, 7) is 7.59. The summed E-state index contributed by atoms with van der Waals surface area (Å²) in [7, 11) is 0. The Bertz CT molecular complexity index is 1950. The van der Waals surface area contributed by atoms with Crippen LogP contribution < -0.4 is 9.64 Å². The van der Waals surface area contributed by atoms with E-state index in [1.165, 1.54) is 23.2 Å². The number of likely N-dealkylation sites (tertiary alicyclic amines) is 1. The molecule has 2 aliphatic heterocycles. The molecule has 0 radical (unpaired) electrons. The van der Waals surface area contributed by atoms with Gasteiger partial charge in [-0.2, -0.15) is 15.2 Å². The molecule has 2 aromatic heterocycles. The SMILES string of the molecule is C=C(F)C(=O)N1CCN(c2nc(OC[C@@H]3C[C@@H](F)CN3C(C)C)nc3c(F)c(-c4cccc5ccc(F)c(Cl)c45)ncc23)C[C@@H]1CC#N. The minimum absolute atomic E-state index is 0.0349. The number of anilines is 1. The van der Waals surface area contributed by atoms with Gasteiger partial charge in [0.2, 0.25) is 0 Å². The second kappa shape index (κ2) is 13.5. The average molecular weight is 682 g/mol. The largest absolute Gasteiger partial charge is 0.462 e. The number of pyridine rings is 1. The van der Waals surface area contributed by atoms with Crippen molar-refractivity contribution in [2.75, 3.05) is 37.7 Å². The number of piperazine rings is 1. The first-order valence-electron chi connectivity index (χ1n) is 15.5. The molecule has 48 heavy (non-hydrogen) atoms. The number of alkyl halides is 1. The Hall–Kier alpha value is -4.54. The summed E-state index contributed by atoms with van der Waals surface area (Å²) in [4.78, 5) is 31.0. The molecular weight excluding hydrogens is 650 g/mol. The van der Waals surface area contributed by atoms with Crippen molar-refractivity contribution >= 4 is 45.0 Å². The number of amides is 1. The number of benzene rings is 2. The first kappa shape index (κ1) is 33.4. The molecule has 6 rings (SSSR count). The lowest BCUT2D eigenvalue weighted by molar-refractivity contribution is -0.131. The smallest absolute Gasteiger partial charge is 0.319 e. The third kappa shape index (κ3) is 6.22. The van der Waals surface area contributed by atoms with Gasteiger partial charge in [-0.15, -0.1) is 0 Å². The van der Waals surface area contributed by atoms with Crippen molar-refractivity contribution in [3.05, 3.63) is 65.6 Å². The second-order valence-corrected chi connectivity index (χ2v) is 12.6. The number of nitriles is 1. The van der Waals surface area contributed by atoms with Crippen LogP contribution in [0.1, 0.15) is 26.7 Å². The average Bonchev–Trinajstić information content (AvgIpc) is 3.45. The standard InChI is InChI=1S/C34H32ClF4N7O2/c1-18(2)46-15-21(37)13-23(46)17-48-34-42-31-25(32(43-34)44-11-12-45(33(47)19(3)36)22(16-44)9-10-40)14-41-30(29(31)39)24-6-4-5-20-7-8-26(38)28(35)27(20)24/h4-8,14,18,21-23H,3,9,11-13,15-17H2,1-2H3/t21-,22+,23+/m1/s1. The summed E-state index contributed by atoms with van der Waals surface area (Å²) in [5, 5.41) is 10.4. The van der Waals surface area contributed by atoms with E-state index in [0.717, 1.165) is 0 Å². The Labute approximate surface area is 279 Å². The van der Waals surface area contributed by atoms with Gasteiger partial charge in [-0.1, -0.05) is 42.4 Å². The maximum atomic E-state index is 16.7. The summed E-state index contributed by atoms with van der Waals surface area (Å²) in [6, 6.07) is 8.69. The fourth-order valence-corrected chi connectivity index (χ4v) is 6.90. The van der Waals surface area contributed by atoms with Crippen molar-refractivity contribution in [1.82, 2.24) is 24.8 Å². The zero-order chi connectivity index (χ0) is 34.3. The minimum atomic E-state index is -1.14. The molecule has 250 valence electrons. The van der Waals surface area contributed by atoms with Crippen molar-refractivity contribution in [3.8, 4) is 23.3 Å². The minimum Gasteiger partial charge on any atom is -0.462 e. The quantitative estimate of drug-likeness (QED) is 0.156. The summed E-state index contributed by atoms with van der Waals surface area (Å²) in [5.74, 6) is -3.33. The predicted molar refractivity (Wildman–Crippen MR) is 174 cm³/mol. The molecule has 2 saturated heterocycles. The van der Waals surface area contributed by atoms with E-state index >= 15 is 4.39 Å². The van der Waals surface area contributed by atoms with Crippen LogP contribution in [0, 0.1) is 23.0 Å². The van der Waals surface area contributed by atoms with Crippen LogP contribution in [0.4, 0.5) is 23.4 Å². The van der Waals surface area contributed by atoms with Gasteiger partial charge in [0.25, 0.3) is 5.91 Å². The zero-order valence-electron chi connectivity index (χ0n) is 26.3. The second-order valence-electron chi connectivity index (χ2n) is 12.2. The lowest BCUT2D eigenvalue weighted by Crippen LogP contribution is -2.55. The highest BCUT2D eigenvalue weighted by molar-refractivity contribution is 6.36. The monoisotopic (exact) mass is 681 g/mol. The highest BCUT2D eigenvalue weighted by Crippen LogP contribution is 2.38. The van der Waals surface area contributed by atoms with Gasteiger partial charge in [-0.05, 0) is 31.7 Å². The van der Waals surface area contributed by atoms with Crippen LogP contribution >= 0.6 is 11.6 Å². The molecule has 0 N–H and O–H groups in total. The van der Waals surface area contributed by atoms with Crippen LogP contribution in [0.5, 0.6) is 6.01 Å². The number of fused-ring (bicyclic) bond motifs is 2. The molecule has 0 saturated carbocycles. The van der Waals surface area contributed by atoms with Crippen molar-refractivity contribution in [2.45, 2.75) is 51.0 Å². The Morgan fingerprint density at radius 2 is 1.96 bits per heavy atom. The summed E-state index contributed by atoms with van der Waals surface area (Å²) in [6.07, 6.45) is 0.526. The molecule has 4 aromatic rings. The van der Waals surface area contributed by atoms with E-state index in [0.29, 0.717) is 5.39 Å². The molecule has 3 atom stereocenters. The Morgan fingerprint density at radius 1 is 1.17 bits per heavy atom. The third-order valence-corrected chi connectivity index (χ3v) is 9.28. The molecule has 1 amide bonds. The maximum Gasteiger partial charge on any atom is 0.319 e. The van der Waals surface area contributed by atoms with E-state index in [9.17, 15) is 23.2 Å². The Kier molecular flexibility index (Phi) is 9.40. The van der Waals surface area contributed by atoms with E-state index in [1.54, 1.807) is 23.1 Å². The topological polar surface area (TPSA) is 98.5 Å². The number of hydrogen-bond acceptors (Lipinski definition) is 8. The number of hydrogen-bond donors (Lipinski definition) is 0. The third-order valence-electron chi connectivity index (χ3n) is 8.91. The van der Waals surface area contributed by atoms with Gasteiger partial charge in [0.1, 0.15) is 35.6 Å². The fourth-order valence-electron chi connectivity index (χ4n) is 6.62.